The molecule has 0 saturated heterocycles. The van der Waals surface area contributed by atoms with Gasteiger partial charge < -0.3 is 20.1 Å². The van der Waals surface area contributed by atoms with Gasteiger partial charge in [-0.3, -0.25) is 9.59 Å². The highest BCUT2D eigenvalue weighted by Gasteiger charge is 2.18. The Kier molecular flexibility index (Phi) is 5.78. The van der Waals surface area contributed by atoms with Gasteiger partial charge in [0.25, 0.3) is 5.91 Å². The first kappa shape index (κ1) is 17.3. The van der Waals surface area contributed by atoms with Crippen LogP contribution in [0.3, 0.4) is 0 Å². The smallest absolute Gasteiger partial charge is 0.259 e. The first-order chi connectivity index (χ1) is 11.5. The molecule has 0 fully saturated rings. The number of nitrogens with one attached hydrogen (secondary N) is 2. The molecule has 0 spiro atoms. The van der Waals surface area contributed by atoms with Crippen LogP contribution in [0.15, 0.2) is 42.5 Å². The number of benzene rings is 2. The summed E-state index contributed by atoms with van der Waals surface area (Å²) in [5.74, 6) is 0.00314. The van der Waals surface area contributed by atoms with E-state index in [0.29, 0.717) is 17.2 Å². The van der Waals surface area contributed by atoms with Gasteiger partial charge in [-0.15, -0.1) is 0 Å². The zero-order chi connectivity index (χ0) is 17.5. The van der Waals surface area contributed by atoms with Crippen molar-refractivity contribution in [2.24, 2.45) is 0 Å². The molecule has 0 aliphatic carbocycles. The van der Waals surface area contributed by atoms with E-state index in [2.05, 4.69) is 10.6 Å². The summed E-state index contributed by atoms with van der Waals surface area (Å²) in [6, 6.07) is 12.5. The third-order valence-electron chi connectivity index (χ3n) is 3.37. The SMILES string of the molecule is COc1cccc(OC)c1C(=O)NCC(=O)Nc1cccc(C)c1. The van der Waals surface area contributed by atoms with Crippen molar-refractivity contribution in [2.45, 2.75) is 6.92 Å². The average molecular weight is 328 g/mol. The molecule has 2 rings (SSSR count). The molecule has 0 saturated carbocycles. The van der Waals surface area contributed by atoms with Gasteiger partial charge in [-0.1, -0.05) is 18.2 Å². The van der Waals surface area contributed by atoms with Crippen molar-refractivity contribution in [2.75, 3.05) is 26.1 Å². The molecule has 2 N–H and O–H groups in total. The predicted octanol–water partition coefficient (Wildman–Crippen LogP) is 2.38. The summed E-state index contributed by atoms with van der Waals surface area (Å²) in [6.45, 7) is 1.78. The van der Waals surface area contributed by atoms with Crippen LogP contribution in [0.5, 0.6) is 11.5 Å². The summed E-state index contributed by atoms with van der Waals surface area (Å²) in [7, 11) is 2.94. The van der Waals surface area contributed by atoms with Crippen molar-refractivity contribution in [3.8, 4) is 11.5 Å². The molecular formula is C18H20N2O4. The van der Waals surface area contributed by atoms with E-state index in [9.17, 15) is 9.59 Å². The average Bonchev–Trinajstić information content (AvgIpc) is 2.58. The van der Waals surface area contributed by atoms with E-state index in [-0.39, 0.29) is 18.0 Å². The fraction of sp³-hybridized carbons (Fsp3) is 0.222. The maximum Gasteiger partial charge on any atom is 0.259 e. The molecule has 0 aliphatic rings. The van der Waals surface area contributed by atoms with Crippen LogP contribution in [-0.2, 0) is 4.79 Å². The number of hydrogen-bond donors (Lipinski definition) is 2. The molecule has 2 aromatic carbocycles. The highest BCUT2D eigenvalue weighted by atomic mass is 16.5. The van der Waals surface area contributed by atoms with Gasteiger partial charge in [0.1, 0.15) is 17.1 Å². The van der Waals surface area contributed by atoms with E-state index in [1.807, 2.05) is 25.1 Å². The Morgan fingerprint density at radius 3 is 2.21 bits per heavy atom. The zero-order valence-corrected chi connectivity index (χ0v) is 13.9. The topological polar surface area (TPSA) is 76.7 Å². The number of aryl methyl sites for hydroxylation is 1. The second kappa shape index (κ2) is 8.01. The molecule has 0 radical (unpaired) electrons. The minimum atomic E-state index is -0.441. The van der Waals surface area contributed by atoms with E-state index in [4.69, 9.17) is 9.47 Å². The van der Waals surface area contributed by atoms with E-state index in [1.54, 1.807) is 24.3 Å². The Morgan fingerprint density at radius 2 is 1.62 bits per heavy atom. The van der Waals surface area contributed by atoms with Crippen LogP contribution >= 0.6 is 0 Å². The Labute approximate surface area is 140 Å². The lowest BCUT2D eigenvalue weighted by molar-refractivity contribution is -0.115. The summed E-state index contributed by atoms with van der Waals surface area (Å²) in [4.78, 5) is 24.3. The number of anilines is 1. The molecule has 0 heterocycles. The van der Waals surface area contributed by atoms with Crippen molar-refractivity contribution in [3.05, 3.63) is 53.6 Å². The molecule has 6 nitrogen and oxygen atoms in total. The fourth-order valence-electron chi connectivity index (χ4n) is 2.25. The van der Waals surface area contributed by atoms with Crippen molar-refractivity contribution in [3.63, 3.8) is 0 Å². The van der Waals surface area contributed by atoms with Crippen LogP contribution in [0.2, 0.25) is 0 Å². The van der Waals surface area contributed by atoms with Gasteiger partial charge in [0, 0.05) is 5.69 Å². The van der Waals surface area contributed by atoms with Gasteiger partial charge in [0.2, 0.25) is 5.91 Å². The number of rotatable bonds is 6. The van der Waals surface area contributed by atoms with Crippen LogP contribution < -0.4 is 20.1 Å². The molecule has 6 heteroatoms. The van der Waals surface area contributed by atoms with Crippen LogP contribution in [0.1, 0.15) is 15.9 Å². The number of hydrogen-bond acceptors (Lipinski definition) is 4. The van der Waals surface area contributed by atoms with Crippen molar-refractivity contribution in [1.29, 1.82) is 0 Å². The second-order valence-corrected chi connectivity index (χ2v) is 5.14. The molecule has 0 aliphatic heterocycles. The first-order valence-electron chi connectivity index (χ1n) is 7.41. The zero-order valence-electron chi connectivity index (χ0n) is 13.9. The molecule has 2 aromatic rings. The van der Waals surface area contributed by atoms with E-state index >= 15 is 0 Å². The first-order valence-corrected chi connectivity index (χ1v) is 7.41. The van der Waals surface area contributed by atoms with Gasteiger partial charge >= 0.3 is 0 Å². The van der Waals surface area contributed by atoms with Crippen LogP contribution in [0, 0.1) is 6.92 Å². The van der Waals surface area contributed by atoms with Crippen LogP contribution in [0.25, 0.3) is 0 Å². The number of ether oxygens (including phenoxy) is 2. The van der Waals surface area contributed by atoms with Gasteiger partial charge in [0.15, 0.2) is 0 Å². The quantitative estimate of drug-likeness (QED) is 0.853. The number of carbonyl (C=O) groups is 2. The number of methoxy groups -OCH3 is 2. The monoisotopic (exact) mass is 328 g/mol. The van der Waals surface area contributed by atoms with E-state index in [0.717, 1.165) is 5.56 Å². The Hall–Kier alpha value is -3.02. The summed E-state index contributed by atoms with van der Waals surface area (Å²) >= 11 is 0. The highest BCUT2D eigenvalue weighted by molar-refractivity contribution is 6.02. The number of carbonyl (C=O) groups excluding carboxylic acids is 2. The molecule has 0 unspecified atom stereocenters. The third-order valence-corrected chi connectivity index (χ3v) is 3.37. The summed E-state index contributed by atoms with van der Waals surface area (Å²) < 4.78 is 10.4. The maximum absolute atomic E-state index is 12.4. The predicted molar refractivity (Wildman–Crippen MR) is 91.7 cm³/mol. The summed E-state index contributed by atoms with van der Waals surface area (Å²) in [5.41, 5.74) is 1.98. The standard InChI is InChI=1S/C18H20N2O4/c1-12-6-4-7-13(10-12)20-16(21)11-19-18(22)17-14(23-2)8-5-9-15(17)24-3/h4-10H,11H2,1-3H3,(H,19,22)(H,20,21). The molecule has 126 valence electrons. The lowest BCUT2D eigenvalue weighted by Crippen LogP contribution is -2.33. The Morgan fingerprint density at radius 1 is 1.00 bits per heavy atom. The molecule has 2 amide bonds. The van der Waals surface area contributed by atoms with E-state index < -0.39 is 5.91 Å². The summed E-state index contributed by atoms with van der Waals surface area (Å²) in [6.07, 6.45) is 0. The van der Waals surface area contributed by atoms with E-state index in [1.165, 1.54) is 14.2 Å². The molecular weight excluding hydrogens is 308 g/mol. The van der Waals surface area contributed by atoms with Crippen LogP contribution in [-0.4, -0.2) is 32.6 Å². The Balaban J connectivity index is 2.02. The molecule has 0 aromatic heterocycles. The summed E-state index contributed by atoms with van der Waals surface area (Å²) in [5, 5.41) is 5.30. The van der Waals surface area contributed by atoms with Gasteiger partial charge in [-0.05, 0) is 36.8 Å². The molecule has 24 heavy (non-hydrogen) atoms. The second-order valence-electron chi connectivity index (χ2n) is 5.14. The Bertz CT molecular complexity index is 721. The van der Waals surface area contributed by atoms with Crippen molar-refractivity contribution < 1.29 is 19.1 Å². The minimum Gasteiger partial charge on any atom is -0.496 e. The maximum atomic E-state index is 12.4. The van der Waals surface area contributed by atoms with Crippen LogP contribution in [0.4, 0.5) is 5.69 Å². The lowest BCUT2D eigenvalue weighted by atomic mass is 10.1. The third kappa shape index (κ3) is 4.25. The largest absolute Gasteiger partial charge is 0.496 e. The molecule has 0 bridgehead atoms. The fourth-order valence-corrected chi connectivity index (χ4v) is 2.25. The van der Waals surface area contributed by atoms with Gasteiger partial charge in [0.05, 0.1) is 20.8 Å². The normalized spacial score (nSPS) is 9.96. The minimum absolute atomic E-state index is 0.159. The van der Waals surface area contributed by atoms with Gasteiger partial charge in [-0.2, -0.15) is 0 Å². The van der Waals surface area contributed by atoms with Crippen molar-refractivity contribution >= 4 is 17.5 Å². The lowest BCUT2D eigenvalue weighted by Gasteiger charge is -2.13. The molecule has 0 atom stereocenters. The number of amides is 2. The van der Waals surface area contributed by atoms with Crippen molar-refractivity contribution in [1.82, 2.24) is 5.32 Å². The van der Waals surface area contributed by atoms with Gasteiger partial charge in [-0.25, -0.2) is 0 Å². The highest BCUT2D eigenvalue weighted by Crippen LogP contribution is 2.27.